The summed E-state index contributed by atoms with van der Waals surface area (Å²) in [5, 5.41) is 11.0. The highest BCUT2D eigenvalue weighted by Gasteiger charge is 2.25. The number of rotatable bonds is 5. The summed E-state index contributed by atoms with van der Waals surface area (Å²) < 4.78 is 18.9. The van der Waals surface area contributed by atoms with E-state index in [9.17, 15) is 19.3 Å². The summed E-state index contributed by atoms with van der Waals surface area (Å²) >= 11 is 0. The largest absolute Gasteiger partial charge is 0.494 e. The molecule has 132 valence electrons. The molecule has 0 aliphatic carbocycles. The molecule has 1 heterocycles. The number of carbonyl (C=O) groups excluding carboxylic acids is 1. The standard InChI is InChI=1S/C17H18FN3O4/c1-10(2)20(12-5-6-16(25-4)15(18)8-12)17(22)14-7-13(21(23)24)9-19-11(14)3/h5-10H,1-4H3. The molecule has 0 aliphatic heterocycles. The first-order chi connectivity index (χ1) is 11.8. The lowest BCUT2D eigenvalue weighted by atomic mass is 10.1. The Labute approximate surface area is 144 Å². The van der Waals surface area contributed by atoms with Crippen molar-refractivity contribution in [3.63, 3.8) is 0 Å². The summed E-state index contributed by atoms with van der Waals surface area (Å²) in [6, 6.07) is 5.04. The van der Waals surface area contributed by atoms with Gasteiger partial charge in [-0.05, 0) is 32.9 Å². The van der Waals surface area contributed by atoms with Crippen LogP contribution in [0.3, 0.4) is 0 Å². The van der Waals surface area contributed by atoms with Crippen LogP contribution in [0.1, 0.15) is 29.9 Å². The van der Waals surface area contributed by atoms with E-state index in [0.717, 1.165) is 6.20 Å². The minimum absolute atomic E-state index is 0.0631. The number of aromatic nitrogens is 1. The smallest absolute Gasteiger partial charge is 0.288 e. The van der Waals surface area contributed by atoms with Gasteiger partial charge in [0.2, 0.25) is 0 Å². The van der Waals surface area contributed by atoms with Crippen LogP contribution >= 0.6 is 0 Å². The third-order valence-corrected chi connectivity index (χ3v) is 3.66. The van der Waals surface area contributed by atoms with E-state index >= 15 is 0 Å². The van der Waals surface area contributed by atoms with Crippen molar-refractivity contribution in [2.45, 2.75) is 26.8 Å². The average Bonchev–Trinajstić information content (AvgIpc) is 2.54. The Morgan fingerprint density at radius 1 is 1.36 bits per heavy atom. The summed E-state index contributed by atoms with van der Waals surface area (Å²) in [5.74, 6) is -1.03. The van der Waals surface area contributed by atoms with Gasteiger partial charge in [0.05, 0.1) is 23.3 Å². The number of hydrogen-bond donors (Lipinski definition) is 0. The van der Waals surface area contributed by atoms with Crippen LogP contribution in [0.5, 0.6) is 5.75 Å². The molecule has 0 saturated heterocycles. The van der Waals surface area contributed by atoms with Gasteiger partial charge in [-0.25, -0.2) is 4.39 Å². The number of hydrogen-bond acceptors (Lipinski definition) is 5. The van der Waals surface area contributed by atoms with Gasteiger partial charge in [-0.3, -0.25) is 19.9 Å². The summed E-state index contributed by atoms with van der Waals surface area (Å²) in [7, 11) is 1.35. The van der Waals surface area contributed by atoms with E-state index < -0.39 is 16.6 Å². The lowest BCUT2D eigenvalue weighted by Gasteiger charge is -2.27. The second-order valence-electron chi connectivity index (χ2n) is 5.67. The number of nitro groups is 1. The molecule has 1 amide bonds. The third-order valence-electron chi connectivity index (χ3n) is 3.66. The second-order valence-corrected chi connectivity index (χ2v) is 5.67. The quantitative estimate of drug-likeness (QED) is 0.610. The molecule has 0 saturated carbocycles. The summed E-state index contributed by atoms with van der Waals surface area (Å²) in [4.78, 5) is 28.6. The zero-order chi connectivity index (χ0) is 18.7. The number of ether oxygens (including phenoxy) is 1. The molecule has 0 bridgehead atoms. The number of carbonyl (C=O) groups is 1. The van der Waals surface area contributed by atoms with Crippen molar-refractivity contribution >= 4 is 17.3 Å². The number of nitrogens with zero attached hydrogens (tertiary/aromatic N) is 3. The van der Waals surface area contributed by atoms with E-state index in [1.165, 1.54) is 30.2 Å². The van der Waals surface area contributed by atoms with Gasteiger partial charge in [-0.1, -0.05) is 0 Å². The van der Waals surface area contributed by atoms with Crippen LogP contribution in [0.2, 0.25) is 0 Å². The van der Waals surface area contributed by atoms with Gasteiger partial charge in [-0.15, -0.1) is 0 Å². The lowest BCUT2D eigenvalue weighted by molar-refractivity contribution is -0.385. The van der Waals surface area contributed by atoms with Crippen LogP contribution in [-0.4, -0.2) is 29.0 Å². The van der Waals surface area contributed by atoms with Crippen molar-refractivity contribution in [2.75, 3.05) is 12.0 Å². The predicted octanol–water partition coefficient (Wildman–Crippen LogP) is 3.50. The van der Waals surface area contributed by atoms with Crippen molar-refractivity contribution in [2.24, 2.45) is 0 Å². The zero-order valence-corrected chi connectivity index (χ0v) is 14.3. The monoisotopic (exact) mass is 347 g/mol. The van der Waals surface area contributed by atoms with Gasteiger partial charge in [0, 0.05) is 23.9 Å². The minimum Gasteiger partial charge on any atom is -0.494 e. The molecule has 7 nitrogen and oxygen atoms in total. The molecule has 2 rings (SSSR count). The first-order valence-corrected chi connectivity index (χ1v) is 7.54. The van der Waals surface area contributed by atoms with Crippen LogP contribution in [0.25, 0.3) is 0 Å². The number of anilines is 1. The average molecular weight is 347 g/mol. The molecule has 2 aromatic rings. The van der Waals surface area contributed by atoms with Gasteiger partial charge >= 0.3 is 0 Å². The SMILES string of the molecule is COc1ccc(N(C(=O)c2cc([N+](=O)[O-])cnc2C)C(C)C)cc1F. The molecule has 1 aromatic heterocycles. The predicted molar refractivity (Wildman–Crippen MR) is 90.5 cm³/mol. The summed E-state index contributed by atoms with van der Waals surface area (Å²) in [5.41, 5.74) is 0.497. The van der Waals surface area contributed by atoms with E-state index in [-0.39, 0.29) is 23.0 Å². The number of pyridine rings is 1. The molecular formula is C17H18FN3O4. The Morgan fingerprint density at radius 2 is 2.04 bits per heavy atom. The van der Waals surface area contributed by atoms with Gasteiger partial charge in [0.25, 0.3) is 11.6 Å². The summed E-state index contributed by atoms with van der Waals surface area (Å²) in [6.45, 7) is 5.12. The number of halogens is 1. The van der Waals surface area contributed by atoms with Gasteiger partial charge < -0.3 is 9.64 Å². The maximum atomic E-state index is 14.0. The van der Waals surface area contributed by atoms with Crippen molar-refractivity contribution in [3.05, 3.63) is 57.7 Å². The molecule has 0 aliphatic rings. The van der Waals surface area contributed by atoms with E-state index in [2.05, 4.69) is 4.98 Å². The zero-order valence-electron chi connectivity index (χ0n) is 14.3. The van der Waals surface area contributed by atoms with Crippen LogP contribution in [0.15, 0.2) is 30.5 Å². The Kier molecular flexibility index (Phi) is 5.31. The highest BCUT2D eigenvalue weighted by Crippen LogP contribution is 2.27. The Bertz CT molecular complexity index is 824. The highest BCUT2D eigenvalue weighted by molar-refractivity contribution is 6.07. The lowest BCUT2D eigenvalue weighted by Crippen LogP contribution is -2.37. The highest BCUT2D eigenvalue weighted by atomic mass is 19.1. The van der Waals surface area contributed by atoms with Crippen LogP contribution in [-0.2, 0) is 0 Å². The van der Waals surface area contributed by atoms with Crippen molar-refractivity contribution in [1.82, 2.24) is 4.98 Å². The van der Waals surface area contributed by atoms with Crippen molar-refractivity contribution in [1.29, 1.82) is 0 Å². The van der Waals surface area contributed by atoms with E-state index in [0.29, 0.717) is 11.4 Å². The first-order valence-electron chi connectivity index (χ1n) is 7.54. The van der Waals surface area contributed by atoms with E-state index in [1.807, 2.05) is 0 Å². The van der Waals surface area contributed by atoms with Crippen molar-refractivity contribution in [3.8, 4) is 5.75 Å². The third kappa shape index (κ3) is 3.73. The molecule has 1 aromatic carbocycles. The molecule has 0 unspecified atom stereocenters. The van der Waals surface area contributed by atoms with Crippen LogP contribution < -0.4 is 9.64 Å². The molecular weight excluding hydrogens is 329 g/mol. The fraction of sp³-hybridized carbons (Fsp3) is 0.294. The van der Waals surface area contributed by atoms with Gasteiger partial charge in [-0.2, -0.15) is 0 Å². The number of aryl methyl sites for hydroxylation is 1. The van der Waals surface area contributed by atoms with Gasteiger partial charge in [0.15, 0.2) is 11.6 Å². The Morgan fingerprint density at radius 3 is 2.56 bits per heavy atom. The fourth-order valence-electron chi connectivity index (χ4n) is 2.42. The Balaban J connectivity index is 2.51. The number of amides is 1. The maximum absolute atomic E-state index is 14.0. The molecule has 8 heteroatoms. The molecule has 0 fully saturated rings. The minimum atomic E-state index is -0.615. The van der Waals surface area contributed by atoms with Crippen LogP contribution in [0, 0.1) is 22.9 Å². The Hall–Kier alpha value is -3.03. The maximum Gasteiger partial charge on any atom is 0.288 e. The first kappa shape index (κ1) is 18.3. The normalized spacial score (nSPS) is 10.6. The fourth-order valence-corrected chi connectivity index (χ4v) is 2.42. The molecule has 0 spiro atoms. The van der Waals surface area contributed by atoms with Gasteiger partial charge in [0.1, 0.15) is 6.20 Å². The molecule has 0 radical (unpaired) electrons. The van der Waals surface area contributed by atoms with Crippen LogP contribution in [0.4, 0.5) is 15.8 Å². The number of methoxy groups -OCH3 is 1. The topological polar surface area (TPSA) is 85.6 Å². The molecule has 0 N–H and O–H groups in total. The van der Waals surface area contributed by atoms with E-state index in [4.69, 9.17) is 4.74 Å². The summed E-state index contributed by atoms with van der Waals surface area (Å²) in [6.07, 6.45) is 1.10. The second kappa shape index (κ2) is 7.25. The molecule has 0 atom stereocenters. The van der Waals surface area contributed by atoms with Crippen molar-refractivity contribution < 1.29 is 18.8 Å². The van der Waals surface area contributed by atoms with E-state index in [1.54, 1.807) is 26.8 Å². The number of benzene rings is 1. The molecule has 25 heavy (non-hydrogen) atoms.